The molecule has 1 N–H and O–H groups in total. The predicted molar refractivity (Wildman–Crippen MR) is 149 cm³/mol. The van der Waals surface area contributed by atoms with Crippen LogP contribution in [0.4, 0.5) is 11.4 Å². The monoisotopic (exact) mass is 529 g/mol. The maximum absolute atomic E-state index is 13.0. The highest BCUT2D eigenvalue weighted by Gasteiger charge is 2.30. The number of amidine groups is 1. The van der Waals surface area contributed by atoms with Crippen molar-refractivity contribution in [2.75, 3.05) is 38.3 Å². The number of rotatable bonds is 7. The summed E-state index contributed by atoms with van der Waals surface area (Å²) in [5, 5.41) is 9.68. The molecule has 0 atom stereocenters. The van der Waals surface area contributed by atoms with Gasteiger partial charge in [-0.3, -0.25) is 9.69 Å². The Balaban J connectivity index is 1.29. The molecule has 5 rings (SSSR count). The first-order chi connectivity index (χ1) is 18.5. The van der Waals surface area contributed by atoms with E-state index in [-0.39, 0.29) is 18.1 Å². The van der Waals surface area contributed by atoms with Crippen LogP contribution in [0.5, 0.6) is 5.75 Å². The number of carbonyl (C=O) groups is 2. The average molecular weight is 530 g/mol. The largest absolute Gasteiger partial charge is 0.488 e. The molecule has 38 heavy (non-hydrogen) atoms. The molecular weight excluding hydrogens is 502 g/mol. The Morgan fingerprint density at radius 2 is 1.76 bits per heavy atom. The molecule has 0 aliphatic carbocycles. The number of nitrogens with zero attached hydrogens (tertiary/aromatic N) is 3. The summed E-state index contributed by atoms with van der Waals surface area (Å²) in [5.74, 6) is -0.466. The van der Waals surface area contributed by atoms with Crippen LogP contribution in [-0.2, 0) is 16.1 Å². The van der Waals surface area contributed by atoms with Crippen LogP contribution in [-0.4, -0.2) is 60.4 Å². The lowest BCUT2D eigenvalue weighted by molar-refractivity contribution is -0.121. The number of carboxylic acid groups (broad SMARTS) is 1. The maximum Gasteiger partial charge on any atom is 0.335 e. The Kier molecular flexibility index (Phi) is 7.76. The van der Waals surface area contributed by atoms with Crippen LogP contribution in [0.25, 0.3) is 6.08 Å². The minimum Gasteiger partial charge on any atom is -0.488 e. The molecule has 8 nitrogen and oxygen atoms in total. The molecule has 2 aliphatic rings. The maximum atomic E-state index is 13.0. The molecule has 0 saturated carbocycles. The number of thioether (sulfide) groups is 1. The lowest BCUT2D eigenvalue weighted by atomic mass is 10.1. The van der Waals surface area contributed by atoms with Gasteiger partial charge in [-0.25, -0.2) is 9.79 Å². The van der Waals surface area contributed by atoms with E-state index in [4.69, 9.17) is 19.6 Å². The quantitative estimate of drug-likeness (QED) is 0.429. The van der Waals surface area contributed by atoms with Gasteiger partial charge in [-0.05, 0) is 65.9 Å². The fourth-order valence-corrected chi connectivity index (χ4v) is 5.08. The fourth-order valence-electron chi connectivity index (χ4n) is 4.10. The second kappa shape index (κ2) is 11.5. The zero-order valence-corrected chi connectivity index (χ0v) is 21.7. The summed E-state index contributed by atoms with van der Waals surface area (Å²) in [6.45, 7) is 3.48. The van der Waals surface area contributed by atoms with Gasteiger partial charge in [0.1, 0.15) is 12.4 Å². The van der Waals surface area contributed by atoms with Crippen molar-refractivity contribution in [2.45, 2.75) is 6.61 Å². The van der Waals surface area contributed by atoms with Gasteiger partial charge in [-0.15, -0.1) is 0 Å². The smallest absolute Gasteiger partial charge is 0.335 e. The third-order valence-electron chi connectivity index (χ3n) is 6.26. The molecule has 0 unspecified atom stereocenters. The van der Waals surface area contributed by atoms with E-state index in [1.807, 2.05) is 54.6 Å². The Morgan fingerprint density at radius 3 is 2.47 bits per heavy atom. The Bertz CT molecular complexity index is 1380. The van der Waals surface area contributed by atoms with Crippen LogP contribution in [0.2, 0.25) is 0 Å². The predicted octanol–water partition coefficient (Wildman–Crippen LogP) is 5.03. The number of likely N-dealkylation sites (N-methyl/N-ethyl adjacent to an activating group) is 1. The topological polar surface area (TPSA) is 91.7 Å². The lowest BCUT2D eigenvalue weighted by Crippen LogP contribution is -2.36. The van der Waals surface area contributed by atoms with Crippen LogP contribution in [0.3, 0.4) is 0 Å². The molecule has 2 fully saturated rings. The summed E-state index contributed by atoms with van der Waals surface area (Å²) in [6.07, 6.45) is 1.82. The Labute approximate surface area is 225 Å². The van der Waals surface area contributed by atoms with Crippen molar-refractivity contribution in [1.82, 2.24) is 4.90 Å². The molecule has 0 aromatic heterocycles. The number of anilines is 1. The standard InChI is InChI=1S/C29H27N3O5S/c1-31-27(33)26(38-29(31)30-23-10-12-24(13-11-23)32-14-16-36-17-15-32)18-22-4-2-3-5-25(22)37-19-20-6-8-21(9-7-20)28(34)35/h2-13,18H,14-17,19H2,1H3,(H,34,35)/b26-18-,30-29?. The zero-order valence-electron chi connectivity index (χ0n) is 20.9. The minimum atomic E-state index is -0.967. The highest BCUT2D eigenvalue weighted by molar-refractivity contribution is 8.18. The van der Waals surface area contributed by atoms with Crippen molar-refractivity contribution >= 4 is 46.3 Å². The lowest BCUT2D eigenvalue weighted by Gasteiger charge is -2.28. The van der Waals surface area contributed by atoms with E-state index in [2.05, 4.69) is 4.90 Å². The molecule has 0 spiro atoms. The van der Waals surface area contributed by atoms with Crippen molar-refractivity contribution in [3.8, 4) is 5.75 Å². The van der Waals surface area contributed by atoms with E-state index >= 15 is 0 Å². The number of para-hydroxylation sites is 1. The summed E-state index contributed by atoms with van der Waals surface area (Å²) in [5.41, 5.74) is 3.76. The highest BCUT2D eigenvalue weighted by atomic mass is 32.2. The summed E-state index contributed by atoms with van der Waals surface area (Å²) in [6, 6.07) is 22.1. The van der Waals surface area contributed by atoms with Gasteiger partial charge in [-0.1, -0.05) is 30.3 Å². The average Bonchev–Trinajstić information content (AvgIpc) is 3.21. The second-order valence-corrected chi connectivity index (χ2v) is 9.82. The molecule has 1 amide bonds. The molecule has 9 heteroatoms. The first-order valence-electron chi connectivity index (χ1n) is 12.2. The number of carbonyl (C=O) groups excluding carboxylic acids is 1. The van der Waals surface area contributed by atoms with Gasteiger partial charge in [-0.2, -0.15) is 0 Å². The number of hydrogen-bond acceptors (Lipinski definition) is 7. The number of morpholine rings is 1. The van der Waals surface area contributed by atoms with Gasteiger partial charge in [0.25, 0.3) is 5.91 Å². The van der Waals surface area contributed by atoms with Gasteiger partial charge in [0.2, 0.25) is 0 Å². The first-order valence-corrected chi connectivity index (χ1v) is 13.0. The number of carboxylic acids is 1. The normalized spacial score (nSPS) is 17.9. The molecule has 2 heterocycles. The van der Waals surface area contributed by atoms with Crippen LogP contribution in [0, 0.1) is 0 Å². The number of ether oxygens (including phenoxy) is 2. The van der Waals surface area contributed by atoms with Crippen LogP contribution >= 0.6 is 11.8 Å². The molecule has 2 aliphatic heterocycles. The van der Waals surface area contributed by atoms with Crippen LogP contribution in [0.15, 0.2) is 82.7 Å². The van der Waals surface area contributed by atoms with Crippen molar-refractivity contribution in [2.24, 2.45) is 4.99 Å². The van der Waals surface area contributed by atoms with Gasteiger partial charge in [0.05, 0.1) is 29.4 Å². The fraction of sp³-hybridized carbons (Fsp3) is 0.207. The summed E-state index contributed by atoms with van der Waals surface area (Å²) in [7, 11) is 1.72. The number of aliphatic imine (C=N–C) groups is 1. The number of benzene rings is 3. The van der Waals surface area contributed by atoms with E-state index < -0.39 is 5.97 Å². The highest BCUT2D eigenvalue weighted by Crippen LogP contribution is 2.35. The van der Waals surface area contributed by atoms with E-state index in [1.165, 1.54) is 11.8 Å². The minimum absolute atomic E-state index is 0.127. The SMILES string of the molecule is CN1C(=O)/C(=C/c2ccccc2OCc2ccc(C(=O)O)cc2)SC1=Nc1ccc(N2CCOCC2)cc1. The molecule has 0 bridgehead atoms. The van der Waals surface area contributed by atoms with E-state index in [0.29, 0.717) is 15.8 Å². The summed E-state index contributed by atoms with van der Waals surface area (Å²) >= 11 is 1.33. The summed E-state index contributed by atoms with van der Waals surface area (Å²) in [4.78, 5) is 33.2. The van der Waals surface area contributed by atoms with Gasteiger partial charge < -0.3 is 19.5 Å². The van der Waals surface area contributed by atoms with Crippen molar-refractivity contribution in [3.05, 3.63) is 94.4 Å². The molecule has 3 aromatic carbocycles. The Hall–Kier alpha value is -4.08. The van der Waals surface area contributed by atoms with Gasteiger partial charge >= 0.3 is 5.97 Å². The van der Waals surface area contributed by atoms with Crippen LogP contribution < -0.4 is 9.64 Å². The van der Waals surface area contributed by atoms with Gasteiger partial charge in [0.15, 0.2) is 5.17 Å². The summed E-state index contributed by atoms with van der Waals surface area (Å²) < 4.78 is 11.4. The van der Waals surface area contributed by atoms with Crippen LogP contribution in [0.1, 0.15) is 21.5 Å². The molecule has 3 aromatic rings. The van der Waals surface area contributed by atoms with E-state index in [1.54, 1.807) is 36.2 Å². The molecule has 2 saturated heterocycles. The Morgan fingerprint density at radius 1 is 1.05 bits per heavy atom. The van der Waals surface area contributed by atoms with E-state index in [0.717, 1.165) is 48.8 Å². The van der Waals surface area contributed by atoms with Crippen molar-refractivity contribution in [3.63, 3.8) is 0 Å². The number of amides is 1. The zero-order chi connectivity index (χ0) is 26.5. The number of hydrogen-bond donors (Lipinski definition) is 1. The second-order valence-electron chi connectivity index (χ2n) is 8.81. The number of aromatic carboxylic acids is 1. The first kappa shape index (κ1) is 25.6. The molecule has 0 radical (unpaired) electrons. The van der Waals surface area contributed by atoms with Gasteiger partial charge in [0, 0.05) is 31.4 Å². The molecule has 194 valence electrons. The van der Waals surface area contributed by atoms with Crippen molar-refractivity contribution < 1.29 is 24.2 Å². The third-order valence-corrected chi connectivity index (χ3v) is 7.32. The third kappa shape index (κ3) is 5.90. The van der Waals surface area contributed by atoms with Crippen molar-refractivity contribution in [1.29, 1.82) is 0 Å². The van der Waals surface area contributed by atoms with E-state index in [9.17, 15) is 9.59 Å². The molecular formula is C29H27N3O5S.